The van der Waals surface area contributed by atoms with Crippen LogP contribution < -0.4 is 10.1 Å². The highest BCUT2D eigenvalue weighted by Gasteiger charge is 2.05. The van der Waals surface area contributed by atoms with E-state index in [4.69, 9.17) is 5.26 Å². The van der Waals surface area contributed by atoms with Gasteiger partial charge in [0.15, 0.2) is 0 Å². The summed E-state index contributed by atoms with van der Waals surface area (Å²) >= 11 is 1.47. The van der Waals surface area contributed by atoms with E-state index < -0.39 is 6.61 Å². The first-order valence-corrected chi connectivity index (χ1v) is 6.31. The van der Waals surface area contributed by atoms with Crippen molar-refractivity contribution in [2.24, 2.45) is 0 Å². The maximum absolute atomic E-state index is 12.1. The topological polar surface area (TPSA) is 45.0 Å². The number of anilines is 1. The summed E-state index contributed by atoms with van der Waals surface area (Å²) in [5.74, 6) is 0.115. The maximum atomic E-state index is 12.1. The molecular formula is C13H10F2N2OS. The molecule has 0 amide bonds. The molecule has 2 aromatic rings. The lowest BCUT2D eigenvalue weighted by molar-refractivity contribution is -0.0498. The first-order valence-electron chi connectivity index (χ1n) is 5.43. The lowest BCUT2D eigenvalue weighted by atomic mass is 10.3. The minimum absolute atomic E-state index is 0.115. The third-order valence-electron chi connectivity index (χ3n) is 2.31. The van der Waals surface area contributed by atoms with Crippen LogP contribution in [0.15, 0.2) is 35.7 Å². The average molecular weight is 280 g/mol. The van der Waals surface area contributed by atoms with E-state index in [2.05, 4.69) is 16.1 Å². The number of hydrogen-bond acceptors (Lipinski definition) is 4. The van der Waals surface area contributed by atoms with Gasteiger partial charge in [-0.2, -0.15) is 14.0 Å². The van der Waals surface area contributed by atoms with E-state index in [0.717, 1.165) is 4.88 Å². The summed E-state index contributed by atoms with van der Waals surface area (Å²) < 4.78 is 28.5. The van der Waals surface area contributed by atoms with E-state index in [1.165, 1.54) is 23.5 Å². The Morgan fingerprint density at radius 2 is 2.21 bits per heavy atom. The van der Waals surface area contributed by atoms with Crippen molar-refractivity contribution in [3.8, 4) is 11.8 Å². The fourth-order valence-corrected chi connectivity index (χ4v) is 2.25. The predicted molar refractivity (Wildman–Crippen MR) is 69.4 cm³/mol. The highest BCUT2D eigenvalue weighted by Crippen LogP contribution is 2.21. The van der Waals surface area contributed by atoms with Crippen LogP contribution in [0.3, 0.4) is 0 Å². The van der Waals surface area contributed by atoms with Gasteiger partial charge in [-0.1, -0.05) is 6.07 Å². The molecule has 0 fully saturated rings. The summed E-state index contributed by atoms with van der Waals surface area (Å²) in [6.45, 7) is -2.30. The number of thiophene rings is 1. The van der Waals surface area contributed by atoms with Gasteiger partial charge in [0.25, 0.3) is 0 Å². The number of nitrogens with one attached hydrogen (secondary N) is 1. The summed E-state index contributed by atoms with van der Waals surface area (Å²) in [6.07, 6.45) is 0. The lowest BCUT2D eigenvalue weighted by Gasteiger charge is -2.08. The Hall–Kier alpha value is -2.13. The summed E-state index contributed by atoms with van der Waals surface area (Å²) in [6, 6.07) is 10.2. The van der Waals surface area contributed by atoms with Crippen LogP contribution in [0.1, 0.15) is 10.4 Å². The van der Waals surface area contributed by atoms with Crippen molar-refractivity contribution in [1.29, 1.82) is 5.26 Å². The molecule has 0 atom stereocenters. The molecule has 0 aliphatic heterocycles. The van der Waals surface area contributed by atoms with Gasteiger partial charge in [-0.25, -0.2) is 0 Å². The summed E-state index contributed by atoms with van der Waals surface area (Å²) in [5.41, 5.74) is 1.31. The standard InChI is InChI=1S/C13H10F2N2OS/c14-13(15)18-11-3-1-2-10(5-11)17-7-12-4-9(6-16)8-19-12/h1-5,8,13,17H,7H2. The molecule has 1 aromatic carbocycles. The van der Waals surface area contributed by atoms with E-state index in [-0.39, 0.29) is 5.75 Å². The third-order valence-corrected chi connectivity index (χ3v) is 3.25. The first-order chi connectivity index (χ1) is 9.17. The summed E-state index contributed by atoms with van der Waals surface area (Å²) in [5, 5.41) is 13.6. The average Bonchev–Trinajstić information content (AvgIpc) is 2.84. The zero-order valence-corrected chi connectivity index (χ0v) is 10.6. The molecule has 1 heterocycles. The molecule has 0 bridgehead atoms. The van der Waals surface area contributed by atoms with Crippen molar-refractivity contribution in [1.82, 2.24) is 0 Å². The van der Waals surface area contributed by atoms with Crippen LogP contribution in [-0.2, 0) is 6.54 Å². The molecule has 3 nitrogen and oxygen atoms in total. The molecule has 19 heavy (non-hydrogen) atoms. The van der Waals surface area contributed by atoms with E-state index in [1.807, 2.05) is 0 Å². The van der Waals surface area contributed by atoms with Gasteiger partial charge in [0.1, 0.15) is 11.8 Å². The molecule has 98 valence electrons. The normalized spacial score (nSPS) is 10.2. The van der Waals surface area contributed by atoms with Crippen LogP contribution in [0.2, 0.25) is 0 Å². The first kappa shape index (κ1) is 13.3. The van der Waals surface area contributed by atoms with Crippen LogP contribution >= 0.6 is 11.3 Å². The molecule has 0 aliphatic carbocycles. The summed E-state index contributed by atoms with van der Waals surface area (Å²) in [7, 11) is 0. The Bertz CT molecular complexity index is 592. The number of benzene rings is 1. The smallest absolute Gasteiger partial charge is 0.387 e. The van der Waals surface area contributed by atoms with Gasteiger partial charge >= 0.3 is 6.61 Å². The zero-order valence-electron chi connectivity index (χ0n) is 9.77. The van der Waals surface area contributed by atoms with Crippen LogP contribution in [0.4, 0.5) is 14.5 Å². The fraction of sp³-hybridized carbons (Fsp3) is 0.154. The summed E-state index contributed by atoms with van der Waals surface area (Å²) in [4.78, 5) is 0.997. The van der Waals surface area contributed by atoms with E-state index in [0.29, 0.717) is 17.8 Å². The Morgan fingerprint density at radius 3 is 2.89 bits per heavy atom. The van der Waals surface area contributed by atoms with Gasteiger partial charge in [-0.15, -0.1) is 11.3 Å². The van der Waals surface area contributed by atoms with Gasteiger partial charge in [0, 0.05) is 28.6 Å². The Labute approximate surface area is 113 Å². The molecule has 0 radical (unpaired) electrons. The number of halogens is 2. The molecule has 0 unspecified atom stereocenters. The van der Waals surface area contributed by atoms with Gasteiger partial charge in [-0.05, 0) is 18.2 Å². The second-order valence-corrected chi connectivity index (χ2v) is 4.67. The van der Waals surface area contributed by atoms with Gasteiger partial charge < -0.3 is 10.1 Å². The number of nitrogens with zero attached hydrogens (tertiary/aromatic N) is 1. The van der Waals surface area contributed by atoms with Crippen molar-refractivity contribution in [2.45, 2.75) is 13.2 Å². The number of rotatable bonds is 5. The van der Waals surface area contributed by atoms with Crippen molar-refractivity contribution in [3.05, 3.63) is 46.2 Å². The number of ether oxygens (including phenoxy) is 1. The third kappa shape index (κ3) is 3.93. The second-order valence-electron chi connectivity index (χ2n) is 3.67. The van der Waals surface area contributed by atoms with E-state index in [1.54, 1.807) is 23.6 Å². The molecule has 0 saturated heterocycles. The highest BCUT2D eigenvalue weighted by atomic mass is 32.1. The SMILES string of the molecule is N#Cc1csc(CNc2cccc(OC(F)F)c2)c1. The van der Waals surface area contributed by atoms with Gasteiger partial charge in [0.05, 0.1) is 5.56 Å². The second kappa shape index (κ2) is 6.16. The fourth-order valence-electron chi connectivity index (χ4n) is 1.50. The number of nitriles is 1. The predicted octanol–water partition coefficient (Wildman–Crippen LogP) is 3.83. The largest absolute Gasteiger partial charge is 0.435 e. The zero-order chi connectivity index (χ0) is 13.7. The Kier molecular flexibility index (Phi) is 4.31. The van der Waals surface area contributed by atoms with Crippen LogP contribution in [0.25, 0.3) is 0 Å². The molecule has 2 rings (SSSR count). The molecule has 1 N–H and O–H groups in total. The molecule has 1 aromatic heterocycles. The van der Waals surface area contributed by atoms with E-state index in [9.17, 15) is 8.78 Å². The van der Waals surface area contributed by atoms with Gasteiger partial charge in [0.2, 0.25) is 0 Å². The Morgan fingerprint density at radius 1 is 1.37 bits per heavy atom. The van der Waals surface area contributed by atoms with Crippen molar-refractivity contribution in [2.75, 3.05) is 5.32 Å². The molecule has 0 aliphatic rings. The van der Waals surface area contributed by atoms with Crippen molar-refractivity contribution >= 4 is 17.0 Å². The molecule has 0 saturated carbocycles. The minimum Gasteiger partial charge on any atom is -0.435 e. The van der Waals surface area contributed by atoms with Gasteiger partial charge in [-0.3, -0.25) is 0 Å². The minimum atomic E-state index is -2.83. The Balaban J connectivity index is 1.97. The molecular weight excluding hydrogens is 270 g/mol. The highest BCUT2D eigenvalue weighted by molar-refractivity contribution is 7.10. The van der Waals surface area contributed by atoms with Crippen LogP contribution in [-0.4, -0.2) is 6.61 Å². The van der Waals surface area contributed by atoms with Crippen molar-refractivity contribution < 1.29 is 13.5 Å². The number of hydrogen-bond donors (Lipinski definition) is 1. The molecule has 6 heteroatoms. The number of alkyl halides is 2. The van der Waals surface area contributed by atoms with Crippen molar-refractivity contribution in [3.63, 3.8) is 0 Å². The van der Waals surface area contributed by atoms with Crippen LogP contribution in [0.5, 0.6) is 5.75 Å². The van der Waals surface area contributed by atoms with Crippen LogP contribution in [0, 0.1) is 11.3 Å². The quantitative estimate of drug-likeness (QED) is 0.905. The van der Waals surface area contributed by atoms with E-state index >= 15 is 0 Å². The lowest BCUT2D eigenvalue weighted by Crippen LogP contribution is -2.03. The monoisotopic (exact) mass is 280 g/mol. The molecule has 0 spiro atoms. The maximum Gasteiger partial charge on any atom is 0.387 e.